The van der Waals surface area contributed by atoms with Crippen molar-refractivity contribution in [2.75, 3.05) is 13.7 Å². The summed E-state index contributed by atoms with van der Waals surface area (Å²) in [6, 6.07) is 15.3. The molecule has 24 heavy (non-hydrogen) atoms. The van der Waals surface area contributed by atoms with Gasteiger partial charge >= 0.3 is 0 Å². The van der Waals surface area contributed by atoms with Crippen molar-refractivity contribution >= 4 is 5.91 Å². The summed E-state index contributed by atoms with van der Waals surface area (Å²) in [6.45, 7) is 2.81. The van der Waals surface area contributed by atoms with Gasteiger partial charge in [0.25, 0.3) is 0 Å². The lowest BCUT2D eigenvalue weighted by Crippen LogP contribution is -2.35. The number of phenols is 1. The van der Waals surface area contributed by atoms with Gasteiger partial charge in [0.05, 0.1) is 13.5 Å². The number of methoxy groups -OCH3 is 1. The molecule has 0 spiro atoms. The van der Waals surface area contributed by atoms with Crippen LogP contribution in [0.3, 0.4) is 0 Å². The number of carbonyl (C=O) groups is 1. The van der Waals surface area contributed by atoms with E-state index < -0.39 is 0 Å². The Bertz CT molecular complexity index is 711. The van der Waals surface area contributed by atoms with Gasteiger partial charge in [-0.2, -0.15) is 0 Å². The fourth-order valence-electron chi connectivity index (χ4n) is 3.42. The molecule has 1 aliphatic heterocycles. The molecule has 1 amide bonds. The number of likely N-dealkylation sites (tertiary alicyclic amines) is 1. The van der Waals surface area contributed by atoms with Crippen molar-refractivity contribution in [2.24, 2.45) is 0 Å². The lowest BCUT2D eigenvalue weighted by Gasteiger charge is -2.21. The van der Waals surface area contributed by atoms with Gasteiger partial charge in [-0.1, -0.05) is 30.3 Å². The summed E-state index contributed by atoms with van der Waals surface area (Å²) in [7, 11) is 1.66. The van der Waals surface area contributed by atoms with Crippen LogP contribution < -0.4 is 4.74 Å². The maximum Gasteiger partial charge on any atom is 0.227 e. The Hall–Kier alpha value is -2.49. The minimum atomic E-state index is 0.0695. The number of nitrogens with zero attached hydrogens (tertiary/aromatic N) is 1. The third kappa shape index (κ3) is 3.37. The first-order valence-electron chi connectivity index (χ1n) is 8.28. The van der Waals surface area contributed by atoms with Crippen LogP contribution in [0, 0.1) is 0 Å². The van der Waals surface area contributed by atoms with Crippen molar-refractivity contribution in [3.63, 3.8) is 0 Å². The maximum absolute atomic E-state index is 12.6. The molecule has 4 heteroatoms. The second kappa shape index (κ2) is 6.95. The van der Waals surface area contributed by atoms with Crippen LogP contribution in [0.2, 0.25) is 0 Å². The zero-order valence-electron chi connectivity index (χ0n) is 14.1. The molecular weight excluding hydrogens is 302 g/mol. The third-order valence-corrected chi connectivity index (χ3v) is 4.82. The van der Waals surface area contributed by atoms with Crippen molar-refractivity contribution in [1.29, 1.82) is 0 Å². The minimum Gasteiger partial charge on any atom is -0.508 e. The highest BCUT2D eigenvalue weighted by Crippen LogP contribution is 2.33. The average Bonchev–Trinajstić information content (AvgIpc) is 2.99. The maximum atomic E-state index is 12.6. The fourth-order valence-corrected chi connectivity index (χ4v) is 3.42. The van der Waals surface area contributed by atoms with E-state index in [1.807, 2.05) is 23.1 Å². The highest BCUT2D eigenvalue weighted by atomic mass is 16.5. The lowest BCUT2D eigenvalue weighted by molar-refractivity contribution is -0.131. The predicted molar refractivity (Wildman–Crippen MR) is 93.3 cm³/mol. The third-order valence-electron chi connectivity index (χ3n) is 4.82. The van der Waals surface area contributed by atoms with Gasteiger partial charge < -0.3 is 14.7 Å². The number of carbonyl (C=O) groups excluding carboxylic acids is 1. The Morgan fingerprint density at radius 2 is 1.92 bits per heavy atom. The molecule has 1 heterocycles. The van der Waals surface area contributed by atoms with E-state index in [4.69, 9.17) is 4.74 Å². The largest absolute Gasteiger partial charge is 0.508 e. The highest BCUT2D eigenvalue weighted by Gasteiger charge is 2.33. The molecule has 0 unspecified atom stereocenters. The number of hydrogen-bond acceptors (Lipinski definition) is 3. The van der Waals surface area contributed by atoms with E-state index in [-0.39, 0.29) is 24.1 Å². The molecule has 0 aliphatic carbocycles. The van der Waals surface area contributed by atoms with Gasteiger partial charge in [-0.3, -0.25) is 4.79 Å². The number of ether oxygens (including phenoxy) is 1. The van der Waals surface area contributed by atoms with Crippen LogP contribution in [0.4, 0.5) is 0 Å². The van der Waals surface area contributed by atoms with Crippen molar-refractivity contribution < 1.29 is 14.6 Å². The summed E-state index contributed by atoms with van der Waals surface area (Å²) in [5.74, 6) is 1.45. The summed E-state index contributed by atoms with van der Waals surface area (Å²) in [5, 5.41) is 9.86. The monoisotopic (exact) mass is 325 g/mol. The summed E-state index contributed by atoms with van der Waals surface area (Å²) in [5.41, 5.74) is 1.92. The zero-order chi connectivity index (χ0) is 17.1. The molecule has 1 N–H and O–H groups in total. The average molecular weight is 325 g/mol. The SMILES string of the molecule is COc1ccc([C@@H]2C[C@H](C)N(C(=O)Cc3ccccc3O)C2)cc1. The first-order chi connectivity index (χ1) is 11.6. The van der Waals surface area contributed by atoms with Crippen LogP contribution in [-0.2, 0) is 11.2 Å². The van der Waals surface area contributed by atoms with Gasteiger partial charge in [-0.25, -0.2) is 0 Å². The standard InChI is InChI=1S/C20H23NO3/c1-14-11-17(15-7-9-18(24-2)10-8-15)13-21(14)20(23)12-16-5-3-4-6-19(16)22/h3-10,14,17,22H,11-13H2,1-2H3/t14-,17+/m0/s1. The summed E-state index contributed by atoms with van der Waals surface area (Å²) >= 11 is 0. The van der Waals surface area contributed by atoms with E-state index >= 15 is 0 Å². The van der Waals surface area contributed by atoms with Gasteiger partial charge in [-0.05, 0) is 37.1 Å². The van der Waals surface area contributed by atoms with E-state index in [0.29, 0.717) is 11.5 Å². The number of para-hydroxylation sites is 1. The molecular formula is C20H23NO3. The molecule has 1 saturated heterocycles. The highest BCUT2D eigenvalue weighted by molar-refractivity contribution is 5.80. The normalized spacial score (nSPS) is 20.2. The molecule has 0 radical (unpaired) electrons. The molecule has 2 atom stereocenters. The molecule has 2 aromatic carbocycles. The number of rotatable bonds is 4. The van der Waals surface area contributed by atoms with Crippen LogP contribution in [0.1, 0.15) is 30.4 Å². The Balaban J connectivity index is 1.68. The fraction of sp³-hybridized carbons (Fsp3) is 0.350. The Morgan fingerprint density at radius 1 is 1.21 bits per heavy atom. The molecule has 1 fully saturated rings. The van der Waals surface area contributed by atoms with Crippen molar-refractivity contribution in [3.8, 4) is 11.5 Å². The molecule has 0 bridgehead atoms. The van der Waals surface area contributed by atoms with Gasteiger partial charge in [0.1, 0.15) is 11.5 Å². The Kier molecular flexibility index (Phi) is 4.74. The number of hydrogen-bond donors (Lipinski definition) is 1. The van der Waals surface area contributed by atoms with Crippen LogP contribution >= 0.6 is 0 Å². The first-order valence-corrected chi connectivity index (χ1v) is 8.28. The van der Waals surface area contributed by atoms with Gasteiger partial charge in [-0.15, -0.1) is 0 Å². The van der Waals surface area contributed by atoms with Gasteiger partial charge in [0, 0.05) is 24.1 Å². The van der Waals surface area contributed by atoms with Crippen LogP contribution in [-0.4, -0.2) is 35.6 Å². The number of amides is 1. The van der Waals surface area contributed by atoms with E-state index in [0.717, 1.165) is 18.7 Å². The number of aromatic hydroxyl groups is 1. The smallest absolute Gasteiger partial charge is 0.227 e. The number of phenolic OH excluding ortho intramolecular Hbond substituents is 1. The molecule has 0 aromatic heterocycles. The molecule has 0 saturated carbocycles. The van der Waals surface area contributed by atoms with E-state index in [1.54, 1.807) is 25.3 Å². The van der Waals surface area contributed by atoms with Crippen LogP contribution in [0.5, 0.6) is 11.5 Å². The molecule has 3 rings (SSSR count). The van der Waals surface area contributed by atoms with Gasteiger partial charge in [0.15, 0.2) is 0 Å². The second-order valence-corrected chi connectivity index (χ2v) is 6.41. The van der Waals surface area contributed by atoms with E-state index in [2.05, 4.69) is 19.1 Å². The quantitative estimate of drug-likeness (QED) is 0.938. The topological polar surface area (TPSA) is 49.8 Å². The number of benzene rings is 2. The minimum absolute atomic E-state index is 0.0695. The summed E-state index contributed by atoms with van der Waals surface area (Å²) < 4.78 is 5.20. The molecule has 1 aliphatic rings. The Labute approximate surface area is 142 Å². The summed E-state index contributed by atoms with van der Waals surface area (Å²) in [4.78, 5) is 14.6. The van der Waals surface area contributed by atoms with Crippen molar-refractivity contribution in [2.45, 2.75) is 31.7 Å². The predicted octanol–water partition coefficient (Wildman–Crippen LogP) is 3.35. The van der Waals surface area contributed by atoms with Crippen LogP contribution in [0.15, 0.2) is 48.5 Å². The molecule has 2 aromatic rings. The van der Waals surface area contributed by atoms with Crippen molar-refractivity contribution in [3.05, 3.63) is 59.7 Å². The first kappa shape index (κ1) is 16.4. The zero-order valence-corrected chi connectivity index (χ0v) is 14.1. The Morgan fingerprint density at radius 3 is 2.58 bits per heavy atom. The van der Waals surface area contributed by atoms with Crippen molar-refractivity contribution in [1.82, 2.24) is 4.90 Å². The van der Waals surface area contributed by atoms with E-state index in [1.165, 1.54) is 5.56 Å². The van der Waals surface area contributed by atoms with Gasteiger partial charge in [0.2, 0.25) is 5.91 Å². The molecule has 4 nitrogen and oxygen atoms in total. The lowest BCUT2D eigenvalue weighted by atomic mass is 9.97. The van der Waals surface area contributed by atoms with Crippen LogP contribution in [0.25, 0.3) is 0 Å². The molecule has 126 valence electrons. The second-order valence-electron chi connectivity index (χ2n) is 6.41. The summed E-state index contributed by atoms with van der Waals surface area (Å²) in [6.07, 6.45) is 1.20. The van der Waals surface area contributed by atoms with E-state index in [9.17, 15) is 9.90 Å².